The van der Waals surface area contributed by atoms with E-state index in [1.54, 1.807) is 7.11 Å². The molecule has 2 saturated carbocycles. The first-order valence-electron chi connectivity index (χ1n) is 6.70. The summed E-state index contributed by atoms with van der Waals surface area (Å²) in [6, 6.07) is 1.46. The van der Waals surface area contributed by atoms with Crippen LogP contribution in [0.5, 0.6) is 0 Å². The molecule has 6 heteroatoms. The molecule has 100 valence electrons. The van der Waals surface area contributed by atoms with Gasteiger partial charge in [0.15, 0.2) is 0 Å². The Kier molecular flexibility index (Phi) is 3.47. The van der Waals surface area contributed by atoms with E-state index in [9.17, 15) is 0 Å². The molecule has 1 aromatic heterocycles. The maximum absolute atomic E-state index is 5.57. The van der Waals surface area contributed by atoms with Crippen LogP contribution in [0.1, 0.15) is 38.0 Å². The fourth-order valence-electron chi connectivity index (χ4n) is 2.43. The highest BCUT2D eigenvalue weighted by Gasteiger charge is 2.28. The summed E-state index contributed by atoms with van der Waals surface area (Å²) in [7, 11) is 1.75. The lowest BCUT2D eigenvalue weighted by Gasteiger charge is -2.17. The lowest BCUT2D eigenvalue weighted by atomic mass is 10.2. The molecule has 3 rings (SSSR count). The van der Waals surface area contributed by atoms with Gasteiger partial charge in [0.05, 0.1) is 18.7 Å². The molecule has 0 spiro atoms. The maximum Gasteiger partial charge on any atom is 0.315 e. The van der Waals surface area contributed by atoms with Gasteiger partial charge in [-0.2, -0.15) is 0 Å². The van der Waals surface area contributed by atoms with Crippen LogP contribution >= 0.6 is 0 Å². The number of aromatic nitrogens is 2. The van der Waals surface area contributed by atoms with E-state index in [-0.39, 0.29) is 6.10 Å². The Labute approximate surface area is 106 Å². The molecule has 0 aromatic carbocycles. The lowest BCUT2D eigenvalue weighted by Crippen LogP contribution is -2.29. The lowest BCUT2D eigenvalue weighted by molar-refractivity contribution is 0.100. The van der Waals surface area contributed by atoms with E-state index in [1.807, 2.05) is 0 Å². The second-order valence-corrected chi connectivity index (χ2v) is 5.11. The summed E-state index contributed by atoms with van der Waals surface area (Å²) in [5.74, 6) is 0.649. The first-order chi connectivity index (χ1) is 8.85. The van der Waals surface area contributed by atoms with Crippen LogP contribution in [0.3, 0.4) is 0 Å². The van der Waals surface area contributed by atoms with Crippen molar-refractivity contribution in [1.82, 2.24) is 15.5 Å². The maximum atomic E-state index is 5.57. The topological polar surface area (TPSA) is 72.2 Å². The molecule has 0 amide bonds. The highest BCUT2D eigenvalue weighted by molar-refractivity contribution is 5.21. The number of rotatable bonds is 6. The Morgan fingerprint density at radius 1 is 1.28 bits per heavy atom. The van der Waals surface area contributed by atoms with E-state index in [0.29, 0.717) is 30.5 Å². The fourth-order valence-corrected chi connectivity index (χ4v) is 2.43. The fraction of sp³-hybridized carbons (Fsp3) is 0.833. The van der Waals surface area contributed by atoms with Crippen molar-refractivity contribution in [3.8, 4) is 0 Å². The molecule has 6 nitrogen and oxygen atoms in total. The number of hydrogen-bond donors (Lipinski definition) is 2. The van der Waals surface area contributed by atoms with Crippen LogP contribution in [0, 0.1) is 0 Å². The van der Waals surface area contributed by atoms with Crippen LogP contribution in [0.4, 0.5) is 6.01 Å². The van der Waals surface area contributed by atoms with Gasteiger partial charge in [-0.3, -0.25) is 0 Å². The average molecular weight is 252 g/mol. The summed E-state index contributed by atoms with van der Waals surface area (Å²) < 4.78 is 11.0. The third-order valence-corrected chi connectivity index (χ3v) is 3.65. The van der Waals surface area contributed by atoms with Crippen molar-refractivity contribution in [1.29, 1.82) is 0 Å². The monoisotopic (exact) mass is 252 g/mol. The zero-order valence-corrected chi connectivity index (χ0v) is 10.7. The van der Waals surface area contributed by atoms with Gasteiger partial charge in [0.1, 0.15) is 0 Å². The van der Waals surface area contributed by atoms with Crippen molar-refractivity contribution in [3.05, 3.63) is 5.89 Å². The molecular weight excluding hydrogens is 232 g/mol. The van der Waals surface area contributed by atoms with Gasteiger partial charge in [-0.05, 0) is 32.1 Å². The van der Waals surface area contributed by atoms with E-state index in [0.717, 1.165) is 12.8 Å². The number of anilines is 1. The van der Waals surface area contributed by atoms with Gasteiger partial charge in [-0.15, -0.1) is 5.10 Å². The Morgan fingerprint density at radius 2 is 2.17 bits per heavy atom. The van der Waals surface area contributed by atoms with Crippen LogP contribution in [-0.2, 0) is 11.3 Å². The molecule has 2 aliphatic carbocycles. The second kappa shape index (κ2) is 5.24. The molecule has 2 aliphatic rings. The Hall–Kier alpha value is -1.14. The minimum Gasteiger partial charge on any atom is -0.407 e. The second-order valence-electron chi connectivity index (χ2n) is 5.11. The average Bonchev–Trinajstić information content (AvgIpc) is 2.93. The van der Waals surface area contributed by atoms with Crippen LogP contribution in [0.25, 0.3) is 0 Å². The minimum absolute atomic E-state index is 0.255. The van der Waals surface area contributed by atoms with Crippen molar-refractivity contribution in [2.45, 2.75) is 56.8 Å². The van der Waals surface area contributed by atoms with E-state index in [4.69, 9.17) is 9.15 Å². The first kappa shape index (κ1) is 11.9. The van der Waals surface area contributed by atoms with Crippen LogP contribution in [0.2, 0.25) is 0 Å². The molecule has 18 heavy (non-hydrogen) atoms. The van der Waals surface area contributed by atoms with Crippen LogP contribution in [0.15, 0.2) is 4.42 Å². The smallest absolute Gasteiger partial charge is 0.315 e. The number of nitrogens with zero attached hydrogens (tertiary/aromatic N) is 2. The van der Waals surface area contributed by atoms with Crippen molar-refractivity contribution in [2.24, 2.45) is 0 Å². The van der Waals surface area contributed by atoms with Gasteiger partial charge in [-0.25, -0.2) is 0 Å². The van der Waals surface area contributed by atoms with Crippen molar-refractivity contribution >= 4 is 6.01 Å². The van der Waals surface area contributed by atoms with E-state index in [2.05, 4.69) is 20.8 Å². The predicted molar refractivity (Wildman–Crippen MR) is 66.2 cm³/mol. The SMILES string of the molecule is COC1CCCC1Nc1nnc(CNC2CC2)o1. The van der Waals surface area contributed by atoms with E-state index < -0.39 is 0 Å². The third-order valence-electron chi connectivity index (χ3n) is 3.65. The molecule has 0 radical (unpaired) electrons. The van der Waals surface area contributed by atoms with Crippen molar-refractivity contribution in [2.75, 3.05) is 12.4 Å². The molecule has 2 N–H and O–H groups in total. The molecule has 2 fully saturated rings. The van der Waals surface area contributed by atoms with Gasteiger partial charge >= 0.3 is 6.01 Å². The highest BCUT2D eigenvalue weighted by atomic mass is 16.5. The number of ether oxygens (including phenoxy) is 1. The molecule has 0 bridgehead atoms. The molecule has 0 aliphatic heterocycles. The van der Waals surface area contributed by atoms with Crippen LogP contribution < -0.4 is 10.6 Å². The summed E-state index contributed by atoms with van der Waals surface area (Å²) in [6.07, 6.45) is 6.15. The predicted octanol–water partition coefficient (Wildman–Crippen LogP) is 1.30. The zero-order valence-electron chi connectivity index (χ0n) is 10.7. The van der Waals surface area contributed by atoms with Gasteiger partial charge in [0, 0.05) is 13.2 Å². The molecule has 1 aromatic rings. The largest absolute Gasteiger partial charge is 0.407 e. The summed E-state index contributed by atoms with van der Waals surface area (Å²) in [5.41, 5.74) is 0. The quantitative estimate of drug-likeness (QED) is 0.795. The molecular formula is C12H20N4O2. The van der Waals surface area contributed by atoms with Gasteiger partial charge in [0.25, 0.3) is 0 Å². The Bertz CT molecular complexity index is 391. The van der Waals surface area contributed by atoms with E-state index >= 15 is 0 Å². The summed E-state index contributed by atoms with van der Waals surface area (Å²) in [5, 5.41) is 14.7. The zero-order chi connectivity index (χ0) is 12.4. The Morgan fingerprint density at radius 3 is 2.94 bits per heavy atom. The summed E-state index contributed by atoms with van der Waals surface area (Å²) >= 11 is 0. The van der Waals surface area contributed by atoms with Crippen molar-refractivity contribution < 1.29 is 9.15 Å². The van der Waals surface area contributed by atoms with Gasteiger partial charge in [-0.1, -0.05) is 5.10 Å². The van der Waals surface area contributed by atoms with E-state index in [1.165, 1.54) is 19.3 Å². The van der Waals surface area contributed by atoms with Gasteiger partial charge < -0.3 is 19.8 Å². The minimum atomic E-state index is 0.255. The van der Waals surface area contributed by atoms with Gasteiger partial charge in [0.2, 0.25) is 5.89 Å². The van der Waals surface area contributed by atoms with Crippen molar-refractivity contribution in [3.63, 3.8) is 0 Å². The molecule has 2 atom stereocenters. The number of methoxy groups -OCH3 is 1. The first-order valence-corrected chi connectivity index (χ1v) is 6.70. The standard InChI is InChI=1S/C12H20N4O2/c1-17-10-4-2-3-9(10)14-12-16-15-11(18-12)7-13-8-5-6-8/h8-10,13H,2-7H2,1H3,(H,14,16). The molecule has 0 saturated heterocycles. The third kappa shape index (κ3) is 2.81. The molecule has 1 heterocycles. The summed E-state index contributed by atoms with van der Waals surface area (Å²) in [6.45, 7) is 0.664. The highest BCUT2D eigenvalue weighted by Crippen LogP contribution is 2.24. The number of hydrogen-bond acceptors (Lipinski definition) is 6. The molecule has 2 unspecified atom stereocenters. The number of nitrogens with one attached hydrogen (secondary N) is 2. The van der Waals surface area contributed by atoms with Crippen LogP contribution in [-0.4, -0.2) is 35.5 Å². The normalized spacial score (nSPS) is 27.6. The Balaban J connectivity index is 1.52. The summed E-state index contributed by atoms with van der Waals surface area (Å²) in [4.78, 5) is 0.